The van der Waals surface area contributed by atoms with Crippen molar-refractivity contribution in [3.05, 3.63) is 34.6 Å². The lowest BCUT2D eigenvalue weighted by Crippen LogP contribution is -2.30. The molecule has 1 rings (SSSR count). The predicted molar refractivity (Wildman–Crippen MR) is 69.7 cm³/mol. The number of nitrogens with two attached hydrogens (primary N) is 1. The zero-order chi connectivity index (χ0) is 16.0. The Hall–Kier alpha value is -1.21. The molecule has 3 N–H and O–H groups in total. The maximum atomic E-state index is 13.7. The van der Waals surface area contributed by atoms with E-state index in [0.717, 1.165) is 25.7 Å². The molecule has 0 saturated carbocycles. The lowest BCUT2D eigenvalue weighted by atomic mass is 9.98. The van der Waals surface area contributed by atoms with E-state index < -0.39 is 40.7 Å². The topological polar surface area (TPSA) is 38.0 Å². The average molecular weight is 310 g/mol. The summed E-state index contributed by atoms with van der Waals surface area (Å²) in [6, 6.07) is -1.11. The number of unbranched alkanes of at least 4 members (excludes halogenated alkanes) is 4. The standard InChI is InChI=1S/C14H19F5N2/c1-2-3-4-5-6-7-8(21-20)9-10(15)12(17)14(19)13(18)11(9)16/h8,21H,2-7,20H2,1H3. The molecule has 120 valence electrons. The Labute approximate surface area is 120 Å². The Morgan fingerprint density at radius 1 is 0.810 bits per heavy atom. The molecule has 1 aromatic carbocycles. The second kappa shape index (κ2) is 8.29. The van der Waals surface area contributed by atoms with Crippen LogP contribution in [-0.2, 0) is 0 Å². The SMILES string of the molecule is CCCCCCCC(NN)c1c(F)c(F)c(F)c(F)c1F. The Morgan fingerprint density at radius 2 is 1.29 bits per heavy atom. The summed E-state index contributed by atoms with van der Waals surface area (Å²) < 4.78 is 66.6. The molecule has 0 fully saturated rings. The van der Waals surface area contributed by atoms with Crippen LogP contribution in [0.4, 0.5) is 22.0 Å². The van der Waals surface area contributed by atoms with Gasteiger partial charge in [0.2, 0.25) is 5.82 Å². The molecule has 0 aromatic heterocycles. The number of hydrazine groups is 1. The second-order valence-corrected chi connectivity index (χ2v) is 4.91. The van der Waals surface area contributed by atoms with Crippen molar-refractivity contribution < 1.29 is 22.0 Å². The van der Waals surface area contributed by atoms with Crippen LogP contribution in [0.1, 0.15) is 57.1 Å². The summed E-state index contributed by atoms with van der Waals surface area (Å²) in [6.45, 7) is 2.04. The predicted octanol–water partition coefficient (Wildman–Crippen LogP) is 4.25. The molecule has 1 unspecified atom stereocenters. The van der Waals surface area contributed by atoms with Crippen LogP contribution in [0.2, 0.25) is 0 Å². The van der Waals surface area contributed by atoms with Gasteiger partial charge in [-0.1, -0.05) is 39.0 Å². The van der Waals surface area contributed by atoms with Crippen molar-refractivity contribution in [2.24, 2.45) is 5.84 Å². The number of hydrogen-bond donors (Lipinski definition) is 2. The normalized spacial score (nSPS) is 12.7. The van der Waals surface area contributed by atoms with E-state index in [-0.39, 0.29) is 6.42 Å². The van der Waals surface area contributed by atoms with Gasteiger partial charge < -0.3 is 0 Å². The van der Waals surface area contributed by atoms with E-state index >= 15 is 0 Å². The third-order valence-electron chi connectivity index (χ3n) is 3.39. The molecular formula is C14H19F5N2. The summed E-state index contributed by atoms with van der Waals surface area (Å²) >= 11 is 0. The van der Waals surface area contributed by atoms with Gasteiger partial charge in [0, 0.05) is 5.56 Å². The van der Waals surface area contributed by atoms with E-state index in [1.807, 2.05) is 6.92 Å². The molecular weight excluding hydrogens is 291 g/mol. The minimum absolute atomic E-state index is 0.193. The summed E-state index contributed by atoms with van der Waals surface area (Å²) in [6.07, 6.45) is 4.60. The first kappa shape index (κ1) is 17.8. The molecule has 0 spiro atoms. The van der Waals surface area contributed by atoms with Crippen LogP contribution in [0.15, 0.2) is 0 Å². The summed E-state index contributed by atoms with van der Waals surface area (Å²) in [7, 11) is 0. The molecule has 1 atom stereocenters. The minimum Gasteiger partial charge on any atom is -0.271 e. The van der Waals surface area contributed by atoms with Gasteiger partial charge in [-0.25, -0.2) is 22.0 Å². The third kappa shape index (κ3) is 4.14. The zero-order valence-corrected chi connectivity index (χ0v) is 11.8. The molecule has 0 radical (unpaired) electrons. The first-order valence-electron chi connectivity index (χ1n) is 6.93. The van der Waals surface area contributed by atoms with Crippen molar-refractivity contribution in [1.82, 2.24) is 5.43 Å². The maximum absolute atomic E-state index is 13.7. The van der Waals surface area contributed by atoms with Crippen LogP contribution in [0.5, 0.6) is 0 Å². The lowest BCUT2D eigenvalue weighted by molar-refractivity contribution is 0.350. The zero-order valence-electron chi connectivity index (χ0n) is 11.8. The molecule has 0 amide bonds. The van der Waals surface area contributed by atoms with Crippen molar-refractivity contribution in [2.75, 3.05) is 0 Å². The van der Waals surface area contributed by atoms with E-state index in [0.29, 0.717) is 6.42 Å². The van der Waals surface area contributed by atoms with Crippen LogP contribution in [0.25, 0.3) is 0 Å². The monoisotopic (exact) mass is 310 g/mol. The number of rotatable bonds is 8. The molecule has 0 aliphatic heterocycles. The molecule has 2 nitrogen and oxygen atoms in total. The van der Waals surface area contributed by atoms with E-state index in [2.05, 4.69) is 5.43 Å². The van der Waals surface area contributed by atoms with Gasteiger partial charge in [0.25, 0.3) is 0 Å². The van der Waals surface area contributed by atoms with Gasteiger partial charge in [0.05, 0.1) is 6.04 Å². The maximum Gasteiger partial charge on any atom is 0.200 e. The summed E-state index contributed by atoms with van der Waals surface area (Å²) in [4.78, 5) is 0. The highest BCUT2D eigenvalue weighted by atomic mass is 19.2. The highest BCUT2D eigenvalue weighted by Gasteiger charge is 2.29. The first-order valence-corrected chi connectivity index (χ1v) is 6.93. The summed E-state index contributed by atoms with van der Waals surface area (Å²) in [5, 5.41) is 0. The Bertz CT molecular complexity index is 450. The average Bonchev–Trinajstić information content (AvgIpc) is 2.49. The molecule has 0 heterocycles. The first-order chi connectivity index (χ1) is 9.95. The second-order valence-electron chi connectivity index (χ2n) is 4.91. The van der Waals surface area contributed by atoms with Crippen LogP contribution in [0.3, 0.4) is 0 Å². The summed E-state index contributed by atoms with van der Waals surface area (Å²) in [5.41, 5.74) is 1.23. The van der Waals surface area contributed by atoms with E-state index in [4.69, 9.17) is 5.84 Å². The molecule has 0 bridgehead atoms. The molecule has 1 aromatic rings. The van der Waals surface area contributed by atoms with Gasteiger partial charge in [-0.05, 0) is 6.42 Å². The number of halogens is 5. The lowest BCUT2D eigenvalue weighted by Gasteiger charge is -2.18. The van der Waals surface area contributed by atoms with Gasteiger partial charge in [-0.15, -0.1) is 0 Å². The molecule has 0 aliphatic rings. The van der Waals surface area contributed by atoms with Gasteiger partial charge in [0.15, 0.2) is 23.3 Å². The largest absolute Gasteiger partial charge is 0.271 e. The smallest absolute Gasteiger partial charge is 0.200 e. The fourth-order valence-corrected chi connectivity index (χ4v) is 2.19. The number of nitrogens with one attached hydrogen (secondary N) is 1. The Kier molecular flexibility index (Phi) is 7.04. The van der Waals surface area contributed by atoms with Crippen molar-refractivity contribution in [1.29, 1.82) is 0 Å². The van der Waals surface area contributed by atoms with Crippen molar-refractivity contribution in [3.63, 3.8) is 0 Å². The van der Waals surface area contributed by atoms with Crippen molar-refractivity contribution in [3.8, 4) is 0 Å². The number of hydrogen-bond acceptors (Lipinski definition) is 2. The van der Waals surface area contributed by atoms with Gasteiger partial charge in [0.1, 0.15) is 0 Å². The highest BCUT2D eigenvalue weighted by molar-refractivity contribution is 5.27. The van der Waals surface area contributed by atoms with E-state index in [9.17, 15) is 22.0 Å². The fourth-order valence-electron chi connectivity index (χ4n) is 2.19. The van der Waals surface area contributed by atoms with Crippen LogP contribution < -0.4 is 11.3 Å². The molecule has 7 heteroatoms. The Balaban J connectivity index is 2.91. The molecule has 21 heavy (non-hydrogen) atoms. The quantitative estimate of drug-likeness (QED) is 0.188. The van der Waals surface area contributed by atoms with Gasteiger partial charge in [-0.3, -0.25) is 11.3 Å². The highest BCUT2D eigenvalue weighted by Crippen LogP contribution is 2.30. The molecule has 0 aliphatic carbocycles. The Morgan fingerprint density at radius 3 is 1.76 bits per heavy atom. The van der Waals surface area contributed by atoms with Gasteiger partial charge >= 0.3 is 0 Å². The van der Waals surface area contributed by atoms with E-state index in [1.165, 1.54) is 0 Å². The van der Waals surface area contributed by atoms with Crippen molar-refractivity contribution in [2.45, 2.75) is 51.5 Å². The van der Waals surface area contributed by atoms with Crippen molar-refractivity contribution >= 4 is 0 Å². The van der Waals surface area contributed by atoms with Crippen LogP contribution >= 0.6 is 0 Å². The molecule has 0 saturated heterocycles. The summed E-state index contributed by atoms with van der Waals surface area (Å²) in [5.74, 6) is -4.52. The third-order valence-corrected chi connectivity index (χ3v) is 3.39. The number of benzene rings is 1. The van der Waals surface area contributed by atoms with Crippen LogP contribution in [0, 0.1) is 29.1 Å². The van der Waals surface area contributed by atoms with Gasteiger partial charge in [-0.2, -0.15) is 0 Å². The van der Waals surface area contributed by atoms with E-state index in [1.54, 1.807) is 0 Å². The van der Waals surface area contributed by atoms with Crippen LogP contribution in [-0.4, -0.2) is 0 Å². The minimum atomic E-state index is -2.16. The fraction of sp³-hybridized carbons (Fsp3) is 0.571.